The Morgan fingerprint density at radius 2 is 2.14 bits per heavy atom. The van der Waals surface area contributed by atoms with Crippen molar-refractivity contribution in [2.75, 3.05) is 18.9 Å². The average Bonchev–Trinajstić information content (AvgIpc) is 3.18. The summed E-state index contributed by atoms with van der Waals surface area (Å²) < 4.78 is 4.23. The highest BCUT2D eigenvalue weighted by molar-refractivity contribution is 7.10. The number of carbonyl (C=O) groups is 3. The molecule has 118 valence electrons. The fourth-order valence-electron chi connectivity index (χ4n) is 2.44. The van der Waals surface area contributed by atoms with Gasteiger partial charge in [0.1, 0.15) is 5.00 Å². The third kappa shape index (κ3) is 2.83. The average molecular weight is 322 g/mol. The molecule has 2 heterocycles. The van der Waals surface area contributed by atoms with E-state index in [1.54, 1.807) is 6.92 Å². The number of imide groups is 1. The zero-order valence-electron chi connectivity index (χ0n) is 12.5. The molecule has 2 N–H and O–H groups in total. The Morgan fingerprint density at radius 1 is 1.41 bits per heavy atom. The van der Waals surface area contributed by atoms with E-state index in [9.17, 15) is 14.4 Å². The first kappa shape index (κ1) is 15.0. The highest BCUT2D eigenvalue weighted by atomic mass is 32.1. The van der Waals surface area contributed by atoms with Crippen molar-refractivity contribution < 1.29 is 14.4 Å². The van der Waals surface area contributed by atoms with Crippen LogP contribution in [0.5, 0.6) is 0 Å². The van der Waals surface area contributed by atoms with Crippen LogP contribution in [0.25, 0.3) is 0 Å². The molecule has 1 atom stereocenters. The van der Waals surface area contributed by atoms with Gasteiger partial charge in [-0.3, -0.25) is 19.3 Å². The smallest absolute Gasteiger partial charge is 0.256 e. The van der Waals surface area contributed by atoms with E-state index in [1.807, 2.05) is 0 Å². The number of aryl methyl sites for hydroxylation is 1. The third-order valence-electron chi connectivity index (χ3n) is 3.99. The zero-order valence-corrected chi connectivity index (χ0v) is 13.3. The molecule has 3 rings (SSSR count). The summed E-state index contributed by atoms with van der Waals surface area (Å²) in [5.41, 5.74) is 1.22. The number of nitrogens with zero attached hydrogens (tertiary/aromatic N) is 2. The van der Waals surface area contributed by atoms with Crippen LogP contribution in [0.1, 0.15) is 35.3 Å². The maximum atomic E-state index is 12.4. The van der Waals surface area contributed by atoms with Gasteiger partial charge in [-0.05, 0) is 31.3 Å². The summed E-state index contributed by atoms with van der Waals surface area (Å²) in [6, 6.07) is 0.439. The first-order chi connectivity index (χ1) is 10.5. The van der Waals surface area contributed by atoms with Gasteiger partial charge in [0, 0.05) is 26.1 Å². The zero-order chi connectivity index (χ0) is 15.9. The summed E-state index contributed by atoms with van der Waals surface area (Å²) in [5.74, 6) is -1.15. The Morgan fingerprint density at radius 3 is 2.73 bits per heavy atom. The van der Waals surface area contributed by atoms with Crippen LogP contribution in [0.3, 0.4) is 0 Å². The normalized spacial score (nSPS) is 21.4. The van der Waals surface area contributed by atoms with E-state index >= 15 is 0 Å². The molecule has 1 aromatic heterocycles. The van der Waals surface area contributed by atoms with Crippen molar-refractivity contribution >= 4 is 34.3 Å². The molecule has 1 saturated heterocycles. The van der Waals surface area contributed by atoms with Gasteiger partial charge < -0.3 is 10.6 Å². The van der Waals surface area contributed by atoms with Gasteiger partial charge in [0.05, 0.1) is 17.2 Å². The molecule has 0 bridgehead atoms. The number of nitrogens with one attached hydrogen (secondary N) is 2. The predicted octanol–water partition coefficient (Wildman–Crippen LogP) is 0.761. The highest BCUT2D eigenvalue weighted by Crippen LogP contribution is 2.31. The molecule has 1 aromatic rings. The Labute approximate surface area is 132 Å². The number of hydrogen-bond acceptors (Lipinski definition) is 6. The van der Waals surface area contributed by atoms with Gasteiger partial charge in [0.25, 0.3) is 5.91 Å². The van der Waals surface area contributed by atoms with Crippen LogP contribution < -0.4 is 10.6 Å². The number of rotatable bonds is 5. The number of anilines is 1. The van der Waals surface area contributed by atoms with Crippen molar-refractivity contribution in [2.45, 2.75) is 32.2 Å². The number of likely N-dealkylation sites (tertiary alicyclic amines) is 1. The van der Waals surface area contributed by atoms with Crippen molar-refractivity contribution in [3.8, 4) is 0 Å². The molecule has 1 unspecified atom stereocenters. The quantitative estimate of drug-likeness (QED) is 0.781. The van der Waals surface area contributed by atoms with Gasteiger partial charge >= 0.3 is 0 Å². The van der Waals surface area contributed by atoms with Gasteiger partial charge in [-0.15, -0.1) is 0 Å². The molecular weight excluding hydrogens is 304 g/mol. The molecule has 2 aliphatic rings. The Kier molecular flexibility index (Phi) is 3.86. The van der Waals surface area contributed by atoms with E-state index in [0.29, 0.717) is 17.3 Å². The van der Waals surface area contributed by atoms with Crippen LogP contribution in [0, 0.1) is 12.8 Å². The molecule has 0 radical (unpaired) electrons. The lowest BCUT2D eigenvalue weighted by atomic mass is 10.1. The minimum Gasteiger partial charge on any atom is -0.372 e. The van der Waals surface area contributed by atoms with Gasteiger partial charge in [-0.1, -0.05) is 0 Å². The van der Waals surface area contributed by atoms with Gasteiger partial charge in [0.15, 0.2) is 0 Å². The lowest BCUT2D eigenvalue weighted by Crippen LogP contribution is -2.34. The lowest BCUT2D eigenvalue weighted by molar-refractivity contribution is -0.137. The summed E-state index contributed by atoms with van der Waals surface area (Å²) in [6.45, 7) is 1.97. The minimum absolute atomic E-state index is 0.156. The second-order valence-corrected chi connectivity index (χ2v) is 6.57. The first-order valence-electron chi connectivity index (χ1n) is 7.28. The summed E-state index contributed by atoms with van der Waals surface area (Å²) in [4.78, 5) is 36.8. The molecule has 0 aromatic carbocycles. The van der Waals surface area contributed by atoms with Crippen LogP contribution in [0.2, 0.25) is 0 Å². The van der Waals surface area contributed by atoms with E-state index in [2.05, 4.69) is 15.0 Å². The number of aromatic nitrogens is 1. The largest absolute Gasteiger partial charge is 0.372 e. The SMILES string of the molecule is Cc1nsc(NC2CC2)c1C(=O)NCC1CC(=O)N(C)C1=O. The van der Waals surface area contributed by atoms with Gasteiger partial charge in [-0.2, -0.15) is 4.37 Å². The van der Waals surface area contributed by atoms with E-state index < -0.39 is 5.92 Å². The van der Waals surface area contributed by atoms with Crippen LogP contribution in [0.4, 0.5) is 5.00 Å². The Bertz CT molecular complexity index is 638. The topological polar surface area (TPSA) is 91.4 Å². The fourth-order valence-corrected chi connectivity index (χ4v) is 3.31. The van der Waals surface area contributed by atoms with Gasteiger partial charge in [0.2, 0.25) is 11.8 Å². The molecule has 1 saturated carbocycles. The maximum Gasteiger partial charge on any atom is 0.256 e. The monoisotopic (exact) mass is 322 g/mol. The summed E-state index contributed by atoms with van der Waals surface area (Å²) in [5, 5.41) is 6.85. The van der Waals surface area contributed by atoms with Gasteiger partial charge in [-0.25, -0.2) is 0 Å². The second-order valence-electron chi connectivity index (χ2n) is 5.79. The van der Waals surface area contributed by atoms with Crippen LogP contribution in [-0.4, -0.2) is 46.6 Å². The summed E-state index contributed by atoms with van der Waals surface area (Å²) in [6.07, 6.45) is 2.38. The summed E-state index contributed by atoms with van der Waals surface area (Å²) >= 11 is 1.28. The fraction of sp³-hybridized carbons (Fsp3) is 0.571. The Hall–Kier alpha value is -1.96. The van der Waals surface area contributed by atoms with Crippen molar-refractivity contribution in [1.82, 2.24) is 14.6 Å². The Balaban J connectivity index is 1.64. The molecular formula is C14H18N4O3S. The number of hydrogen-bond donors (Lipinski definition) is 2. The molecule has 2 fully saturated rings. The first-order valence-corrected chi connectivity index (χ1v) is 8.06. The molecule has 7 nitrogen and oxygen atoms in total. The second kappa shape index (κ2) is 5.68. The molecule has 1 aliphatic carbocycles. The van der Waals surface area contributed by atoms with E-state index in [-0.39, 0.29) is 30.7 Å². The van der Waals surface area contributed by atoms with E-state index in [1.165, 1.54) is 18.6 Å². The lowest BCUT2D eigenvalue weighted by Gasteiger charge is -2.11. The number of amides is 3. The standard InChI is InChI=1S/C14H18N4O3S/c1-7-11(13(22-17-7)16-9-3-4-9)12(20)15-6-8-5-10(19)18(2)14(8)21/h8-9,16H,3-6H2,1-2H3,(H,15,20). The van der Waals surface area contributed by atoms with Crippen molar-refractivity contribution in [3.63, 3.8) is 0 Å². The molecule has 8 heteroatoms. The van der Waals surface area contributed by atoms with E-state index in [4.69, 9.17) is 0 Å². The molecule has 1 aliphatic heterocycles. The number of carbonyl (C=O) groups excluding carboxylic acids is 3. The van der Waals surface area contributed by atoms with Crippen molar-refractivity contribution in [2.24, 2.45) is 5.92 Å². The van der Waals surface area contributed by atoms with Crippen molar-refractivity contribution in [3.05, 3.63) is 11.3 Å². The van der Waals surface area contributed by atoms with Crippen LogP contribution in [-0.2, 0) is 9.59 Å². The maximum absolute atomic E-state index is 12.4. The molecule has 3 amide bonds. The third-order valence-corrected chi connectivity index (χ3v) is 4.86. The van der Waals surface area contributed by atoms with Crippen molar-refractivity contribution in [1.29, 1.82) is 0 Å². The van der Waals surface area contributed by atoms with Crippen LogP contribution >= 0.6 is 11.5 Å². The van der Waals surface area contributed by atoms with Crippen LogP contribution in [0.15, 0.2) is 0 Å². The summed E-state index contributed by atoms with van der Waals surface area (Å²) in [7, 11) is 1.47. The minimum atomic E-state index is -0.465. The van der Waals surface area contributed by atoms with E-state index in [0.717, 1.165) is 22.7 Å². The predicted molar refractivity (Wildman–Crippen MR) is 81.7 cm³/mol. The molecule has 22 heavy (non-hydrogen) atoms. The highest BCUT2D eigenvalue weighted by Gasteiger charge is 2.36. The molecule has 0 spiro atoms.